The molecule has 0 saturated heterocycles. The lowest BCUT2D eigenvalue weighted by Gasteiger charge is -2.31. The summed E-state index contributed by atoms with van der Waals surface area (Å²) in [6, 6.07) is 8.72. The van der Waals surface area contributed by atoms with Crippen molar-refractivity contribution in [3.63, 3.8) is 0 Å². The van der Waals surface area contributed by atoms with Crippen LogP contribution in [0.4, 0.5) is 0 Å². The molecule has 6 amide bonds. The van der Waals surface area contributed by atoms with E-state index in [0.29, 0.717) is 11.1 Å². The van der Waals surface area contributed by atoms with E-state index in [0.717, 1.165) is 60.7 Å². The predicted molar refractivity (Wildman–Crippen MR) is 320 cm³/mol. The summed E-state index contributed by atoms with van der Waals surface area (Å²) in [6.45, 7) is -0.501. The zero-order valence-electron chi connectivity index (χ0n) is 46.2. The fourth-order valence-electron chi connectivity index (χ4n) is 10.3. The number of alkyl halides is 1. The number of phenolic OH excluding ortho intramolecular Hbond substituents is 6. The number of carbonyl (C=O) groups excluding carboxylic acids is 6. The molecule has 12 rings (SSSR count). The Labute approximate surface area is 526 Å². The molecule has 7 aromatic carbocycles. The van der Waals surface area contributed by atoms with Gasteiger partial charge in [0, 0.05) is 47.0 Å². The van der Waals surface area contributed by atoms with Gasteiger partial charge in [0.2, 0.25) is 41.2 Å². The average molecular weight is 1340 g/mol. The maximum Gasteiger partial charge on any atom is 0.330 e. The van der Waals surface area contributed by atoms with Crippen molar-refractivity contribution in [3.8, 4) is 80.1 Å². The van der Waals surface area contributed by atoms with Gasteiger partial charge in [-0.25, -0.2) is 4.79 Å². The molecule has 90 heavy (non-hydrogen) atoms. The number of halogens is 3. The zero-order valence-corrected chi connectivity index (χ0v) is 49.3. The van der Waals surface area contributed by atoms with Crippen molar-refractivity contribution in [1.29, 1.82) is 0 Å². The number of aromatic hydroxyl groups is 6. The third-order valence-electron chi connectivity index (χ3n) is 14.8. The van der Waals surface area contributed by atoms with E-state index in [1.165, 1.54) is 54.6 Å². The van der Waals surface area contributed by atoms with Crippen LogP contribution in [0.1, 0.15) is 81.7 Å². The monoisotopic (exact) mass is 1340 g/mol. The highest BCUT2D eigenvalue weighted by molar-refractivity contribution is 9.09. The van der Waals surface area contributed by atoms with E-state index < -0.39 is 159 Å². The lowest BCUT2D eigenvalue weighted by atomic mass is 9.89. The molecule has 11 bridgehead atoms. The van der Waals surface area contributed by atoms with Gasteiger partial charge in [-0.05, 0) is 112 Å². The summed E-state index contributed by atoms with van der Waals surface area (Å²) in [7, 11) is 0. The second-order valence-electron chi connectivity index (χ2n) is 20.9. The molecular formula is C61H52BrCl2N7O19. The summed E-state index contributed by atoms with van der Waals surface area (Å²) in [5, 5.41) is 115. The number of carboxylic acids is 1. The van der Waals surface area contributed by atoms with Crippen LogP contribution in [0.5, 0.6) is 69.0 Å². The van der Waals surface area contributed by atoms with Crippen LogP contribution >= 0.6 is 39.1 Å². The van der Waals surface area contributed by atoms with Crippen molar-refractivity contribution < 1.29 is 93.7 Å². The van der Waals surface area contributed by atoms with Crippen molar-refractivity contribution in [1.82, 2.24) is 31.9 Å². The van der Waals surface area contributed by atoms with Gasteiger partial charge in [0.15, 0.2) is 29.0 Å². The molecule has 5 heterocycles. The number of hydrogen-bond acceptors (Lipinski definition) is 19. The number of carbonyl (C=O) groups is 7. The highest BCUT2D eigenvalue weighted by Gasteiger charge is 2.41. The van der Waals surface area contributed by atoms with Crippen molar-refractivity contribution in [2.45, 2.75) is 61.2 Å². The zero-order chi connectivity index (χ0) is 64.6. The van der Waals surface area contributed by atoms with Gasteiger partial charge in [-0.1, -0.05) is 63.4 Å². The van der Waals surface area contributed by atoms with Crippen LogP contribution in [0.2, 0.25) is 10.0 Å². The number of nitrogens with one attached hydrogen (secondary N) is 6. The Kier molecular flexibility index (Phi) is 18.2. The fourth-order valence-corrected chi connectivity index (χ4v) is 11.1. The second kappa shape index (κ2) is 26.0. The van der Waals surface area contributed by atoms with E-state index in [1.807, 2.05) is 0 Å². The number of fused-ring (bicyclic) bond motifs is 15. The van der Waals surface area contributed by atoms with Crippen molar-refractivity contribution >= 4 is 80.5 Å². The minimum atomic E-state index is -2.21. The smallest absolute Gasteiger partial charge is 0.330 e. The molecule has 17 N–H and O–H groups in total. The van der Waals surface area contributed by atoms with E-state index in [4.69, 9.17) is 43.1 Å². The number of aliphatic carboxylic acids is 1. The molecule has 0 aliphatic carbocycles. The van der Waals surface area contributed by atoms with Crippen molar-refractivity contribution in [3.05, 3.63) is 164 Å². The lowest BCUT2D eigenvalue weighted by Crippen LogP contribution is -2.55. The maximum atomic E-state index is 15.8. The summed E-state index contributed by atoms with van der Waals surface area (Å²) in [6.07, 6.45) is -2.57. The minimum Gasteiger partial charge on any atom is -0.508 e. The van der Waals surface area contributed by atoms with Gasteiger partial charge >= 0.3 is 5.97 Å². The topological polar surface area (TPSA) is 427 Å². The number of hydrogen-bond donors (Lipinski definition) is 16. The van der Waals surface area contributed by atoms with E-state index >= 15 is 14.4 Å². The van der Waals surface area contributed by atoms with Gasteiger partial charge in [-0.3, -0.25) is 28.8 Å². The van der Waals surface area contributed by atoms with Gasteiger partial charge in [0.05, 0.1) is 22.7 Å². The van der Waals surface area contributed by atoms with E-state index in [-0.39, 0.29) is 73.5 Å². The molecule has 0 radical (unpaired) electrons. The molecule has 7 aromatic rings. The van der Waals surface area contributed by atoms with Gasteiger partial charge in [0.25, 0.3) is 0 Å². The van der Waals surface area contributed by atoms with Crippen molar-refractivity contribution in [2.24, 2.45) is 5.73 Å². The number of ether oxygens (including phenoxy) is 3. The van der Waals surface area contributed by atoms with Gasteiger partial charge < -0.3 is 97.8 Å². The number of phenols is 6. The average Bonchev–Trinajstić information content (AvgIpc) is 0.919. The molecule has 0 fully saturated rings. The lowest BCUT2D eigenvalue weighted by molar-refractivity contribution is -0.143. The molecule has 0 unspecified atom stereocenters. The van der Waals surface area contributed by atoms with E-state index in [2.05, 4.69) is 47.8 Å². The number of amides is 6. The first-order chi connectivity index (χ1) is 42.9. The van der Waals surface area contributed by atoms with Crippen molar-refractivity contribution in [2.75, 3.05) is 11.9 Å². The molecule has 466 valence electrons. The molecule has 0 aromatic heterocycles. The molecule has 26 nitrogen and oxygen atoms in total. The maximum absolute atomic E-state index is 15.8. The van der Waals surface area contributed by atoms with Crippen LogP contribution in [-0.4, -0.2) is 111 Å². The summed E-state index contributed by atoms with van der Waals surface area (Å²) >= 11 is 16.9. The van der Waals surface area contributed by atoms with E-state index in [1.54, 1.807) is 0 Å². The number of aliphatic hydroxyl groups excluding tert-OH is 2. The number of aliphatic hydroxyl groups is 2. The molecule has 5 aliphatic heterocycles. The Bertz CT molecular complexity index is 4100. The summed E-state index contributed by atoms with van der Waals surface area (Å²) in [5.41, 5.74) is 4.13. The van der Waals surface area contributed by atoms with Crippen LogP contribution in [0.25, 0.3) is 11.1 Å². The number of benzene rings is 7. The first-order valence-electron chi connectivity index (χ1n) is 27.1. The van der Waals surface area contributed by atoms with Crippen LogP contribution in [0.3, 0.4) is 0 Å². The highest BCUT2D eigenvalue weighted by Crippen LogP contribution is 2.48. The molecule has 5 aliphatic rings. The number of carboxylic acid groups (broad SMARTS) is 1. The SMILES string of the molecule is N[C@@H](CO)c1ccc(O)c(Oc2cc(O)cc([C@@H]3NC(=O)[C@H](NC(=O)CCBr)Cc4ccc(c(Cl)c4)Oc4cc5cc(c4O)Oc4ccc(cc4Cl)[C@@H](O)[C@@H]4NC(=O)[C@H](NC(=O)[C@@H]5NC3=O)c3ccc(O)c(c3)-c3c(O)cc(O)cc3[C@@H](C(=O)O)NC4=O)c2)c1. The number of nitrogens with two attached hydrogens (primary N) is 1. The first-order valence-corrected chi connectivity index (χ1v) is 28.9. The minimum absolute atomic E-state index is 0.118. The molecule has 0 saturated carbocycles. The Morgan fingerprint density at radius 1 is 0.633 bits per heavy atom. The summed E-state index contributed by atoms with van der Waals surface area (Å²) in [4.78, 5) is 103. The normalized spacial score (nSPS) is 20.3. The Hall–Kier alpha value is -10.0. The molecule has 8 atom stereocenters. The third kappa shape index (κ3) is 13.2. The van der Waals surface area contributed by atoms with Crippen LogP contribution < -0.4 is 51.8 Å². The standard InChI is InChI=1S/C61H52BrCl2N7O19/c62-10-9-47(78)66-38-12-24-1-7-42(35(63)11-24)89-45-18-29-19-46(55(45)80)90-43-8-4-27(16-36(43)64)54(79)53-60(85)70-52(61(86)87)34-21-31(74)22-41(77)48(34)33-15-26(3-5-39(33)75)49(57(82)71-53)68-59(84)51(29)69-58(83)50(67-56(38)81)28-13-30(73)20-32(14-28)88-44-17-25(37(65)23-72)2-6-40(44)76/h1-8,11,13-22,37-38,49-54,72-77,79-80H,9-10,12,23,65H2,(H,66,78)(H,67,81)(H,68,84)(H,69,83)(H,70,85)(H,71,82)(H,86,87)/t37-,38+,49+,50-,51+,52-,53-,54+/m0/s1. The van der Waals surface area contributed by atoms with Crippen LogP contribution in [-0.2, 0) is 40.0 Å². The summed E-state index contributed by atoms with van der Waals surface area (Å²) in [5.74, 6) is -14.8. The van der Waals surface area contributed by atoms with Gasteiger partial charge in [0.1, 0.15) is 76.6 Å². The first kappa shape index (κ1) is 63.0. The molecule has 29 heteroatoms. The largest absolute Gasteiger partial charge is 0.508 e. The molecular weight excluding hydrogens is 1290 g/mol. The van der Waals surface area contributed by atoms with Gasteiger partial charge in [-0.15, -0.1) is 0 Å². The van der Waals surface area contributed by atoms with Gasteiger partial charge in [-0.2, -0.15) is 0 Å². The van der Waals surface area contributed by atoms with Crippen LogP contribution in [0, 0.1) is 0 Å². The summed E-state index contributed by atoms with van der Waals surface area (Å²) < 4.78 is 18.5. The highest BCUT2D eigenvalue weighted by atomic mass is 79.9. The Morgan fingerprint density at radius 3 is 1.88 bits per heavy atom. The quantitative estimate of drug-likeness (QED) is 0.0765. The third-order valence-corrected chi connectivity index (χ3v) is 15.8. The fraction of sp³-hybridized carbons (Fsp3) is 0.197. The molecule has 0 spiro atoms. The second-order valence-corrected chi connectivity index (χ2v) is 22.5. The Morgan fingerprint density at radius 2 is 1.23 bits per heavy atom. The van der Waals surface area contributed by atoms with Crippen LogP contribution in [0.15, 0.2) is 115 Å². The predicted octanol–water partition coefficient (Wildman–Crippen LogP) is 5.75. The van der Waals surface area contributed by atoms with E-state index in [9.17, 15) is 65.1 Å². The number of rotatable bonds is 9. The Balaban J connectivity index is 1.20.